The number of nitrogens with zero attached hydrogens (tertiary/aromatic N) is 3. The second-order valence-electron chi connectivity index (χ2n) is 17.2. The summed E-state index contributed by atoms with van der Waals surface area (Å²) in [6.45, 7) is 10.1. The number of carbonyl (C=O) groups is 2. The van der Waals surface area contributed by atoms with E-state index in [0.29, 0.717) is 42.9 Å². The predicted octanol–water partition coefficient (Wildman–Crippen LogP) is 8.46. The number of halogens is 1. The molecule has 2 unspecified atom stereocenters. The molecule has 1 aromatic heterocycles. The van der Waals surface area contributed by atoms with Crippen molar-refractivity contribution in [3.63, 3.8) is 0 Å². The number of aliphatic hydroxyl groups is 2. The number of likely N-dealkylation sites (tertiary alicyclic amines) is 1. The van der Waals surface area contributed by atoms with Crippen molar-refractivity contribution in [1.82, 2.24) is 15.0 Å². The zero-order chi connectivity index (χ0) is 42.7. The normalized spacial score (nSPS) is 24.8. The van der Waals surface area contributed by atoms with Gasteiger partial charge < -0.3 is 24.2 Å². The lowest BCUT2D eigenvalue weighted by atomic mass is 9.57. The summed E-state index contributed by atoms with van der Waals surface area (Å²) < 4.78 is 36.5. The number of benzene rings is 4. The second-order valence-corrected chi connectivity index (χ2v) is 17.2. The molecule has 10 rings (SSSR count). The summed E-state index contributed by atoms with van der Waals surface area (Å²) in [7, 11) is 0. The van der Waals surface area contributed by atoms with E-state index in [-0.39, 0.29) is 71.9 Å². The summed E-state index contributed by atoms with van der Waals surface area (Å²) in [5.41, 5.74) is 1.60. The van der Waals surface area contributed by atoms with Gasteiger partial charge in [-0.15, -0.1) is 13.2 Å². The van der Waals surface area contributed by atoms with Crippen LogP contribution in [0.15, 0.2) is 126 Å². The Balaban J connectivity index is 1.10. The van der Waals surface area contributed by atoms with Crippen LogP contribution in [0.5, 0.6) is 11.6 Å². The fourth-order valence-electron chi connectivity index (χ4n) is 11.1. The molecule has 1 saturated carbocycles. The maximum Gasteiger partial charge on any atom is 0.265 e. The average Bonchev–Trinajstić information content (AvgIpc) is 4.00. The maximum absolute atomic E-state index is 17.8. The third-order valence-electron chi connectivity index (χ3n) is 13.7. The zero-order valence-electron chi connectivity index (χ0n) is 34.3. The van der Waals surface area contributed by atoms with E-state index in [1.165, 1.54) is 0 Å². The van der Waals surface area contributed by atoms with Gasteiger partial charge in [0, 0.05) is 53.9 Å². The SMILES string of the molecule is C=CCN(CC=C)[C@@H]1c2onc(OCc3ccccc3)c2C(=O)[C@@]2(O)C(=O)C3=C(O)c4c(c(F)c5c(c4OCc4ccccc4)CC4CCN(Cc6ccccc6)C54)C[C@H]3C[C@@H]12. The largest absolute Gasteiger partial charge is 0.507 e. The molecule has 316 valence electrons. The van der Waals surface area contributed by atoms with Crippen LogP contribution in [-0.4, -0.2) is 62.0 Å². The number of aliphatic hydroxyl groups excluding tert-OH is 1. The molecule has 5 aliphatic rings. The lowest BCUT2D eigenvalue weighted by Crippen LogP contribution is -2.63. The molecule has 1 aliphatic heterocycles. The average molecular weight is 834 g/mol. The third kappa shape index (κ3) is 6.36. The topological polar surface area (TPSA) is 126 Å². The Hall–Kier alpha value is -6.14. The van der Waals surface area contributed by atoms with Gasteiger partial charge in [0.1, 0.15) is 36.1 Å². The first-order valence-electron chi connectivity index (χ1n) is 21.4. The molecule has 2 heterocycles. The molecule has 62 heavy (non-hydrogen) atoms. The minimum Gasteiger partial charge on any atom is -0.507 e. The standard InChI is InChI=1S/C51H48FN3O7/c1-3-21-54(22-4-2)44-37-26-34-25-35-40(45(56)38(34)48(57)51(37,59)49(58)41-47(44)62-53-50(41)61-29-32-18-12-7-13-19-32)46(60-28-31-16-10-6-11-17-31)36-24-33-20-23-55(43(33)39(36)42(35)52)27-30-14-8-5-9-15-30/h3-19,33-34,37,43-44,56,59H,1-2,20-29H2/t33?,34-,37-,43?,44-,51-/m0/s1. The summed E-state index contributed by atoms with van der Waals surface area (Å²) in [4.78, 5) is 34.4. The van der Waals surface area contributed by atoms with E-state index in [1.54, 1.807) is 12.2 Å². The highest BCUT2D eigenvalue weighted by Crippen LogP contribution is 2.59. The van der Waals surface area contributed by atoms with Crippen LogP contribution in [0.25, 0.3) is 5.76 Å². The Bertz CT molecular complexity index is 2600. The molecular formula is C51H48FN3O7. The van der Waals surface area contributed by atoms with Gasteiger partial charge in [0.2, 0.25) is 11.6 Å². The molecule has 4 aliphatic carbocycles. The smallest absolute Gasteiger partial charge is 0.265 e. The van der Waals surface area contributed by atoms with Crippen molar-refractivity contribution in [1.29, 1.82) is 0 Å². The Labute approximate surface area is 359 Å². The highest BCUT2D eigenvalue weighted by atomic mass is 19.1. The summed E-state index contributed by atoms with van der Waals surface area (Å²) in [5, 5.41) is 29.6. The fourth-order valence-corrected chi connectivity index (χ4v) is 11.1. The zero-order valence-corrected chi connectivity index (χ0v) is 34.3. The number of carbonyl (C=O) groups excluding carboxylic acids is 2. The van der Waals surface area contributed by atoms with Crippen LogP contribution in [0.2, 0.25) is 0 Å². The van der Waals surface area contributed by atoms with Gasteiger partial charge in [-0.05, 0) is 65.9 Å². The Morgan fingerprint density at radius 3 is 2.13 bits per heavy atom. The summed E-state index contributed by atoms with van der Waals surface area (Å²) in [6, 6.07) is 28.0. The fraction of sp³-hybridized carbons (Fsp3) is 0.314. The van der Waals surface area contributed by atoms with Crippen LogP contribution >= 0.6 is 0 Å². The van der Waals surface area contributed by atoms with Gasteiger partial charge in [-0.25, -0.2) is 4.39 Å². The number of ether oxygens (including phenoxy) is 2. The number of fused-ring (bicyclic) bond motifs is 7. The minimum absolute atomic E-state index is 0.0441. The van der Waals surface area contributed by atoms with Gasteiger partial charge in [0.05, 0.1) is 11.6 Å². The van der Waals surface area contributed by atoms with Crippen molar-refractivity contribution < 1.29 is 38.2 Å². The van der Waals surface area contributed by atoms with E-state index >= 15 is 9.18 Å². The number of aromatic nitrogens is 1. The molecule has 5 aromatic rings. The number of hydrogen-bond acceptors (Lipinski definition) is 10. The number of ketones is 2. The molecule has 2 N–H and O–H groups in total. The molecule has 11 heteroatoms. The van der Waals surface area contributed by atoms with E-state index in [9.17, 15) is 15.0 Å². The van der Waals surface area contributed by atoms with Crippen LogP contribution < -0.4 is 9.47 Å². The van der Waals surface area contributed by atoms with Gasteiger partial charge in [-0.1, -0.05) is 103 Å². The van der Waals surface area contributed by atoms with E-state index in [2.05, 4.69) is 35.3 Å². The van der Waals surface area contributed by atoms with Crippen molar-refractivity contribution in [2.75, 3.05) is 19.6 Å². The van der Waals surface area contributed by atoms with Gasteiger partial charge >= 0.3 is 0 Å². The molecule has 2 fully saturated rings. The predicted molar refractivity (Wildman–Crippen MR) is 230 cm³/mol. The molecule has 0 radical (unpaired) electrons. The van der Waals surface area contributed by atoms with Crippen molar-refractivity contribution in [2.45, 2.75) is 63.1 Å². The monoisotopic (exact) mass is 833 g/mol. The Morgan fingerprint density at radius 2 is 1.48 bits per heavy atom. The number of rotatable bonds is 13. The summed E-state index contributed by atoms with van der Waals surface area (Å²) in [6.07, 6.45) is 4.87. The van der Waals surface area contributed by atoms with Gasteiger partial charge in [0.25, 0.3) is 5.88 Å². The van der Waals surface area contributed by atoms with Crippen molar-refractivity contribution in [3.05, 3.63) is 178 Å². The Morgan fingerprint density at radius 1 is 0.855 bits per heavy atom. The highest BCUT2D eigenvalue weighted by molar-refractivity contribution is 6.26. The summed E-state index contributed by atoms with van der Waals surface area (Å²) >= 11 is 0. The van der Waals surface area contributed by atoms with Crippen molar-refractivity contribution >= 4 is 17.3 Å². The van der Waals surface area contributed by atoms with Crippen LogP contribution in [0, 0.1) is 23.6 Å². The van der Waals surface area contributed by atoms with E-state index in [1.807, 2.05) is 83.8 Å². The first-order chi connectivity index (χ1) is 30.2. The molecule has 6 atom stereocenters. The van der Waals surface area contributed by atoms with Crippen LogP contribution in [0.4, 0.5) is 4.39 Å². The second kappa shape index (κ2) is 16.0. The lowest BCUT2D eigenvalue weighted by molar-refractivity contribution is -0.143. The number of Topliss-reactive ketones (excluding diaryl/α,β-unsaturated/α-hetero) is 2. The quantitative estimate of drug-likeness (QED) is 0.0882. The van der Waals surface area contributed by atoms with Gasteiger partial charge in [-0.3, -0.25) is 19.4 Å². The van der Waals surface area contributed by atoms with Crippen molar-refractivity contribution in [3.8, 4) is 11.6 Å². The molecule has 0 amide bonds. The van der Waals surface area contributed by atoms with Crippen molar-refractivity contribution in [2.24, 2.45) is 17.8 Å². The van der Waals surface area contributed by atoms with Crippen LogP contribution in [-0.2, 0) is 37.4 Å². The molecule has 0 spiro atoms. The van der Waals surface area contributed by atoms with Gasteiger partial charge in [0.15, 0.2) is 11.4 Å². The van der Waals surface area contributed by atoms with Crippen LogP contribution in [0.3, 0.4) is 0 Å². The molecular weight excluding hydrogens is 786 g/mol. The lowest BCUT2D eigenvalue weighted by Gasteiger charge is -2.50. The molecule has 4 aromatic carbocycles. The maximum atomic E-state index is 17.8. The van der Waals surface area contributed by atoms with E-state index in [0.717, 1.165) is 29.7 Å². The Kier molecular flexibility index (Phi) is 10.3. The number of hydrogen-bond donors (Lipinski definition) is 2. The first kappa shape index (κ1) is 40.0. The summed E-state index contributed by atoms with van der Waals surface area (Å²) in [5.74, 6) is -4.07. The minimum atomic E-state index is -2.65. The molecule has 0 bridgehead atoms. The highest BCUT2D eigenvalue weighted by Gasteiger charge is 2.66. The van der Waals surface area contributed by atoms with E-state index < -0.39 is 46.6 Å². The molecule has 10 nitrogen and oxygen atoms in total. The first-order valence-corrected chi connectivity index (χ1v) is 21.4. The van der Waals surface area contributed by atoms with Crippen LogP contribution in [0.1, 0.15) is 80.0 Å². The third-order valence-corrected chi connectivity index (χ3v) is 13.7. The molecule has 1 saturated heterocycles. The van der Waals surface area contributed by atoms with Gasteiger partial charge in [-0.2, -0.15) is 0 Å². The van der Waals surface area contributed by atoms with E-state index in [4.69, 9.17) is 14.0 Å².